The minimum Gasteiger partial charge on any atom is -0.466 e. The van der Waals surface area contributed by atoms with Crippen molar-refractivity contribution in [2.45, 2.75) is 39.2 Å². The molecular weight excluding hydrogens is 242 g/mol. The van der Waals surface area contributed by atoms with E-state index in [-0.39, 0.29) is 17.9 Å². The predicted molar refractivity (Wildman–Crippen MR) is 70.9 cm³/mol. The molecule has 1 saturated heterocycles. The minimum atomic E-state index is -0.233. The van der Waals surface area contributed by atoms with Crippen LogP contribution in [-0.2, 0) is 0 Å². The Hall–Kier alpha value is -1.29. The van der Waals surface area contributed by atoms with E-state index in [2.05, 4.69) is 0 Å². The summed E-state index contributed by atoms with van der Waals surface area (Å²) >= 11 is 0. The van der Waals surface area contributed by atoms with Crippen molar-refractivity contribution in [3.63, 3.8) is 0 Å². The molecule has 1 aliphatic heterocycles. The Labute approximate surface area is 113 Å². The smallest absolute Gasteiger partial charge is 0.257 e. The zero-order valence-corrected chi connectivity index (χ0v) is 11.6. The van der Waals surface area contributed by atoms with Crippen molar-refractivity contribution in [2.24, 2.45) is 11.8 Å². The Morgan fingerprint density at radius 1 is 1.37 bits per heavy atom. The highest BCUT2D eigenvalue weighted by atomic mass is 16.3. The van der Waals surface area contributed by atoms with Gasteiger partial charge in [-0.15, -0.1) is 0 Å². The molecule has 1 saturated carbocycles. The number of amides is 1. The topological polar surface area (TPSA) is 53.7 Å². The van der Waals surface area contributed by atoms with Gasteiger partial charge < -0.3 is 14.4 Å². The molecule has 3 rings (SSSR count). The summed E-state index contributed by atoms with van der Waals surface area (Å²) in [6.45, 7) is 5.16. The fourth-order valence-corrected chi connectivity index (χ4v) is 3.62. The summed E-state index contributed by atoms with van der Waals surface area (Å²) in [5, 5.41) is 10.1. The van der Waals surface area contributed by atoms with Crippen LogP contribution >= 0.6 is 0 Å². The summed E-state index contributed by atoms with van der Waals surface area (Å²) in [6.07, 6.45) is 2.86. The number of carbonyl (C=O) groups is 1. The maximum atomic E-state index is 12.5. The maximum Gasteiger partial charge on any atom is 0.257 e. The molecule has 0 bridgehead atoms. The molecule has 3 unspecified atom stereocenters. The fraction of sp³-hybridized carbons (Fsp3) is 0.667. The summed E-state index contributed by atoms with van der Waals surface area (Å²) in [4.78, 5) is 14.4. The standard InChI is InChI=1S/C15H21NO3/c1-9-6-12(10(2)19-9)15(18)16-7-11-4-3-5-14(17)13(11)8-16/h6,11,13-14,17H,3-5,7-8H2,1-2H3. The molecule has 104 valence electrons. The quantitative estimate of drug-likeness (QED) is 0.844. The van der Waals surface area contributed by atoms with Crippen molar-refractivity contribution in [1.29, 1.82) is 0 Å². The largest absolute Gasteiger partial charge is 0.466 e. The van der Waals surface area contributed by atoms with Crippen LogP contribution in [0.3, 0.4) is 0 Å². The van der Waals surface area contributed by atoms with Crippen LogP contribution in [0, 0.1) is 25.7 Å². The maximum absolute atomic E-state index is 12.5. The van der Waals surface area contributed by atoms with Crippen LogP contribution in [0.1, 0.15) is 41.1 Å². The first kappa shape index (κ1) is 12.7. The van der Waals surface area contributed by atoms with Gasteiger partial charge >= 0.3 is 0 Å². The lowest BCUT2D eigenvalue weighted by molar-refractivity contribution is 0.0539. The molecule has 1 aromatic heterocycles. The SMILES string of the molecule is Cc1cc(C(=O)N2CC3CCCC(O)C3C2)c(C)o1. The van der Waals surface area contributed by atoms with Crippen LogP contribution in [0.5, 0.6) is 0 Å². The molecular formula is C15H21NO3. The third-order valence-electron chi connectivity index (χ3n) is 4.62. The molecule has 2 aliphatic rings. The number of rotatable bonds is 1. The molecule has 1 aliphatic carbocycles. The van der Waals surface area contributed by atoms with Gasteiger partial charge in [0.25, 0.3) is 5.91 Å². The van der Waals surface area contributed by atoms with Crippen LogP contribution in [0.15, 0.2) is 10.5 Å². The minimum absolute atomic E-state index is 0.0518. The molecule has 2 heterocycles. The van der Waals surface area contributed by atoms with E-state index in [1.165, 1.54) is 0 Å². The fourth-order valence-electron chi connectivity index (χ4n) is 3.62. The number of likely N-dealkylation sites (tertiary alicyclic amines) is 1. The van der Waals surface area contributed by atoms with Crippen LogP contribution in [-0.4, -0.2) is 35.1 Å². The second-order valence-corrected chi connectivity index (χ2v) is 5.96. The van der Waals surface area contributed by atoms with Gasteiger partial charge in [0.15, 0.2) is 0 Å². The van der Waals surface area contributed by atoms with Gasteiger partial charge in [-0.25, -0.2) is 0 Å². The van der Waals surface area contributed by atoms with Crippen molar-refractivity contribution >= 4 is 5.91 Å². The Morgan fingerprint density at radius 3 is 2.79 bits per heavy atom. The zero-order valence-electron chi connectivity index (χ0n) is 11.6. The Morgan fingerprint density at radius 2 is 2.16 bits per heavy atom. The van der Waals surface area contributed by atoms with E-state index in [9.17, 15) is 9.90 Å². The number of furan rings is 1. The Bertz CT molecular complexity index is 494. The van der Waals surface area contributed by atoms with Crippen LogP contribution in [0.2, 0.25) is 0 Å². The first-order valence-electron chi connectivity index (χ1n) is 7.10. The zero-order chi connectivity index (χ0) is 13.6. The molecule has 1 amide bonds. The molecule has 3 atom stereocenters. The van der Waals surface area contributed by atoms with Gasteiger partial charge in [-0.05, 0) is 38.7 Å². The highest BCUT2D eigenvalue weighted by molar-refractivity contribution is 5.95. The van der Waals surface area contributed by atoms with Gasteiger partial charge in [-0.2, -0.15) is 0 Å². The van der Waals surface area contributed by atoms with E-state index < -0.39 is 0 Å². The number of fused-ring (bicyclic) bond motifs is 1. The van der Waals surface area contributed by atoms with E-state index in [0.29, 0.717) is 23.8 Å². The molecule has 19 heavy (non-hydrogen) atoms. The van der Waals surface area contributed by atoms with Gasteiger partial charge in [-0.3, -0.25) is 4.79 Å². The van der Waals surface area contributed by atoms with Crippen molar-refractivity contribution in [1.82, 2.24) is 4.90 Å². The van der Waals surface area contributed by atoms with Gasteiger partial charge in [0.1, 0.15) is 11.5 Å². The average molecular weight is 263 g/mol. The molecule has 0 aromatic carbocycles. The number of aryl methyl sites for hydroxylation is 2. The third-order valence-corrected chi connectivity index (χ3v) is 4.62. The number of nitrogens with zero attached hydrogens (tertiary/aromatic N) is 1. The molecule has 1 aromatic rings. The van der Waals surface area contributed by atoms with Gasteiger partial charge in [0.2, 0.25) is 0 Å². The molecule has 0 radical (unpaired) electrons. The van der Waals surface area contributed by atoms with Crippen molar-refractivity contribution in [3.05, 3.63) is 23.2 Å². The summed E-state index contributed by atoms with van der Waals surface area (Å²) in [5.41, 5.74) is 0.672. The lowest BCUT2D eigenvalue weighted by Crippen LogP contribution is -2.32. The highest BCUT2D eigenvalue weighted by Gasteiger charge is 2.41. The Kier molecular flexibility index (Phi) is 3.13. The predicted octanol–water partition coefficient (Wildman–Crippen LogP) is 2.13. The summed E-state index contributed by atoms with van der Waals surface area (Å²) in [5.74, 6) is 2.26. The second kappa shape index (κ2) is 4.67. The molecule has 0 spiro atoms. The van der Waals surface area contributed by atoms with Crippen molar-refractivity contribution < 1.29 is 14.3 Å². The monoisotopic (exact) mass is 263 g/mol. The molecule has 1 N–H and O–H groups in total. The lowest BCUT2D eigenvalue weighted by Gasteiger charge is -2.28. The second-order valence-electron chi connectivity index (χ2n) is 5.96. The first-order chi connectivity index (χ1) is 9.06. The highest BCUT2D eigenvalue weighted by Crippen LogP contribution is 2.37. The summed E-state index contributed by atoms with van der Waals surface area (Å²) in [6, 6.07) is 1.82. The van der Waals surface area contributed by atoms with Gasteiger partial charge in [0, 0.05) is 19.0 Å². The molecule has 2 fully saturated rings. The van der Waals surface area contributed by atoms with E-state index in [1.807, 2.05) is 24.8 Å². The van der Waals surface area contributed by atoms with E-state index in [1.54, 1.807) is 0 Å². The molecule has 4 nitrogen and oxygen atoms in total. The normalized spacial score (nSPS) is 30.5. The van der Waals surface area contributed by atoms with E-state index >= 15 is 0 Å². The summed E-state index contributed by atoms with van der Waals surface area (Å²) in [7, 11) is 0. The van der Waals surface area contributed by atoms with E-state index in [4.69, 9.17) is 4.42 Å². The first-order valence-corrected chi connectivity index (χ1v) is 7.10. The number of aliphatic hydroxyl groups excluding tert-OH is 1. The van der Waals surface area contributed by atoms with Crippen LogP contribution in [0.4, 0.5) is 0 Å². The Balaban J connectivity index is 1.77. The van der Waals surface area contributed by atoms with Gasteiger partial charge in [-0.1, -0.05) is 6.42 Å². The number of hydrogen-bond acceptors (Lipinski definition) is 3. The van der Waals surface area contributed by atoms with Crippen LogP contribution < -0.4 is 0 Å². The third kappa shape index (κ3) is 2.18. The number of aliphatic hydroxyl groups is 1. The summed E-state index contributed by atoms with van der Waals surface area (Å²) < 4.78 is 5.44. The average Bonchev–Trinajstić information content (AvgIpc) is 2.93. The molecule has 4 heteroatoms. The van der Waals surface area contributed by atoms with Crippen molar-refractivity contribution in [2.75, 3.05) is 13.1 Å². The van der Waals surface area contributed by atoms with Crippen LogP contribution in [0.25, 0.3) is 0 Å². The van der Waals surface area contributed by atoms with Crippen molar-refractivity contribution in [3.8, 4) is 0 Å². The lowest BCUT2D eigenvalue weighted by atomic mass is 9.80. The number of carbonyl (C=O) groups excluding carboxylic acids is 1. The van der Waals surface area contributed by atoms with Gasteiger partial charge in [0.05, 0.1) is 11.7 Å². The van der Waals surface area contributed by atoms with E-state index in [0.717, 1.165) is 31.6 Å². The number of hydrogen-bond donors (Lipinski definition) is 1.